The van der Waals surface area contributed by atoms with Crippen molar-refractivity contribution in [3.63, 3.8) is 0 Å². The summed E-state index contributed by atoms with van der Waals surface area (Å²) < 4.78 is 13.0. The number of benzene rings is 2. The Bertz CT molecular complexity index is 728. The van der Waals surface area contributed by atoms with Crippen molar-refractivity contribution in [3.05, 3.63) is 54.3 Å². The molecule has 0 radical (unpaired) electrons. The number of halogens is 1. The van der Waals surface area contributed by atoms with Crippen molar-refractivity contribution >= 4 is 17.2 Å². The first kappa shape index (κ1) is 14.2. The molecule has 2 rings (SSSR count). The molecule has 2 aromatic rings. The maximum atomic E-state index is 13.0. The van der Waals surface area contributed by atoms with E-state index in [0.717, 1.165) is 11.1 Å². The highest BCUT2D eigenvalue weighted by Crippen LogP contribution is 2.27. The minimum atomic E-state index is -0.413. The van der Waals surface area contributed by atoms with Crippen molar-refractivity contribution in [2.45, 2.75) is 0 Å². The van der Waals surface area contributed by atoms with Crippen LogP contribution in [0.25, 0.3) is 11.1 Å². The molecule has 0 heterocycles. The normalized spacial score (nSPS) is 10.8. The molecule has 4 N–H and O–H groups in total. The molecule has 6 heteroatoms. The third-order valence-corrected chi connectivity index (χ3v) is 2.73. The summed E-state index contributed by atoms with van der Waals surface area (Å²) in [5.74, 6) is -0.727. The summed E-state index contributed by atoms with van der Waals surface area (Å²) in [6, 6.07) is 15.0. The van der Waals surface area contributed by atoms with Crippen LogP contribution in [0.1, 0.15) is 0 Å². The van der Waals surface area contributed by atoms with E-state index in [1.54, 1.807) is 30.3 Å². The van der Waals surface area contributed by atoms with Gasteiger partial charge in [0.05, 0.1) is 5.69 Å². The molecule has 0 saturated heterocycles. The van der Waals surface area contributed by atoms with Gasteiger partial charge < -0.3 is 5.73 Å². The molecule has 104 valence electrons. The Kier molecular flexibility index (Phi) is 4.26. The Morgan fingerprint density at radius 2 is 1.86 bits per heavy atom. The van der Waals surface area contributed by atoms with Gasteiger partial charge in [-0.15, -0.1) is 0 Å². The van der Waals surface area contributed by atoms with Crippen LogP contribution in [0.4, 0.5) is 10.1 Å². The monoisotopic (exact) mass is 281 g/mol. The highest BCUT2D eigenvalue weighted by Gasteiger charge is 2.06. The molecule has 0 amide bonds. The average molecular weight is 281 g/mol. The number of nitrogens with two attached hydrogens (primary N) is 1. The number of hydrogen-bond donors (Lipinski definition) is 3. The fraction of sp³-hybridized carbons (Fsp3) is 0. The lowest BCUT2D eigenvalue weighted by atomic mass is 10.0. The molecule has 0 aromatic heterocycles. The number of rotatable bonds is 4. The predicted molar refractivity (Wildman–Crippen MR) is 80.4 cm³/mol. The molecule has 0 fully saturated rings. The van der Waals surface area contributed by atoms with Crippen molar-refractivity contribution in [1.82, 2.24) is 0 Å². The van der Waals surface area contributed by atoms with E-state index in [-0.39, 0.29) is 11.5 Å². The fourth-order valence-corrected chi connectivity index (χ4v) is 1.72. The molecule has 0 aliphatic rings. The largest absolute Gasteiger partial charge is 0.382 e. The third-order valence-electron chi connectivity index (χ3n) is 2.73. The summed E-state index contributed by atoms with van der Waals surface area (Å²) in [7, 11) is 0. The van der Waals surface area contributed by atoms with Gasteiger partial charge in [0.1, 0.15) is 11.9 Å². The van der Waals surface area contributed by atoms with Crippen LogP contribution in [0.15, 0.2) is 53.6 Å². The van der Waals surface area contributed by atoms with Gasteiger partial charge in [-0.2, -0.15) is 10.4 Å². The predicted octanol–water partition coefficient (Wildman–Crippen LogP) is 2.72. The Morgan fingerprint density at radius 3 is 2.48 bits per heavy atom. The molecule has 0 aliphatic heterocycles. The van der Waals surface area contributed by atoms with Gasteiger partial charge in [0, 0.05) is 5.56 Å². The van der Waals surface area contributed by atoms with Crippen molar-refractivity contribution in [2.24, 2.45) is 10.8 Å². The number of hydrazone groups is 1. The average Bonchev–Trinajstić information content (AvgIpc) is 2.49. The van der Waals surface area contributed by atoms with Crippen molar-refractivity contribution < 1.29 is 4.39 Å². The van der Waals surface area contributed by atoms with Gasteiger partial charge in [0.15, 0.2) is 5.84 Å². The number of hydrogen-bond acceptors (Lipinski definition) is 4. The molecule has 21 heavy (non-hydrogen) atoms. The fourth-order valence-electron chi connectivity index (χ4n) is 1.72. The number of para-hydroxylation sites is 1. The molecule has 0 spiro atoms. The lowest BCUT2D eigenvalue weighted by molar-refractivity contribution is 0.628. The zero-order chi connectivity index (χ0) is 15.2. The van der Waals surface area contributed by atoms with E-state index in [2.05, 4.69) is 10.5 Å². The Hall–Kier alpha value is -3.20. The van der Waals surface area contributed by atoms with Crippen molar-refractivity contribution in [3.8, 4) is 17.2 Å². The summed E-state index contributed by atoms with van der Waals surface area (Å²) in [5, 5.41) is 19.8. The molecule has 5 nitrogen and oxygen atoms in total. The van der Waals surface area contributed by atoms with Crippen LogP contribution in [-0.2, 0) is 0 Å². The maximum absolute atomic E-state index is 13.0. The van der Waals surface area contributed by atoms with E-state index in [1.165, 1.54) is 12.1 Å². The van der Waals surface area contributed by atoms with E-state index in [4.69, 9.17) is 16.4 Å². The SMILES string of the molecule is N#C/C(=N\Nc1ccccc1-c1ccc(F)cc1)C(=N)N. The van der Waals surface area contributed by atoms with Crippen molar-refractivity contribution in [1.29, 1.82) is 10.7 Å². The first-order chi connectivity index (χ1) is 10.1. The second-order valence-electron chi connectivity index (χ2n) is 4.15. The number of amidine groups is 1. The van der Waals surface area contributed by atoms with E-state index >= 15 is 0 Å². The molecule has 0 unspecified atom stereocenters. The first-order valence-corrected chi connectivity index (χ1v) is 6.05. The minimum Gasteiger partial charge on any atom is -0.382 e. The molecule has 2 aromatic carbocycles. The van der Waals surface area contributed by atoms with Crippen LogP contribution in [0.2, 0.25) is 0 Å². The summed E-state index contributed by atoms with van der Waals surface area (Å²) in [6.07, 6.45) is 0. The molecule has 0 atom stereocenters. The van der Waals surface area contributed by atoms with Crippen LogP contribution >= 0.6 is 0 Å². The number of nitrogens with zero attached hydrogens (tertiary/aromatic N) is 2. The molecule has 0 aliphatic carbocycles. The van der Waals surface area contributed by atoms with Crippen LogP contribution in [0.3, 0.4) is 0 Å². The molecule has 0 bridgehead atoms. The lowest BCUT2D eigenvalue weighted by Crippen LogP contribution is -2.21. The van der Waals surface area contributed by atoms with Gasteiger partial charge in [-0.05, 0) is 23.8 Å². The number of anilines is 1. The highest BCUT2D eigenvalue weighted by atomic mass is 19.1. The quantitative estimate of drug-likeness (QED) is 0.456. The minimum absolute atomic E-state index is 0.205. The summed E-state index contributed by atoms with van der Waals surface area (Å²) in [4.78, 5) is 0. The highest BCUT2D eigenvalue weighted by molar-refractivity contribution is 6.45. The van der Waals surface area contributed by atoms with Gasteiger partial charge in [0.25, 0.3) is 0 Å². The van der Waals surface area contributed by atoms with Crippen LogP contribution in [0, 0.1) is 22.6 Å². The molecule has 0 saturated carbocycles. The van der Waals surface area contributed by atoms with Gasteiger partial charge in [-0.1, -0.05) is 30.3 Å². The lowest BCUT2D eigenvalue weighted by Gasteiger charge is -2.09. The first-order valence-electron chi connectivity index (χ1n) is 6.05. The summed E-state index contributed by atoms with van der Waals surface area (Å²) >= 11 is 0. The van der Waals surface area contributed by atoms with Crippen LogP contribution in [-0.4, -0.2) is 11.5 Å². The Labute approximate surface area is 121 Å². The second kappa shape index (κ2) is 6.30. The van der Waals surface area contributed by atoms with Crippen molar-refractivity contribution in [2.75, 3.05) is 5.43 Å². The zero-order valence-electron chi connectivity index (χ0n) is 11.0. The smallest absolute Gasteiger partial charge is 0.201 e. The standard InChI is InChI=1S/C15H12FN5/c16-11-7-5-10(6-8-11)12-3-1-2-4-13(12)20-21-14(9-17)15(18)19/h1-8,20H,(H3,18,19)/b21-14+. The Balaban J connectivity index is 2.36. The summed E-state index contributed by atoms with van der Waals surface area (Å²) in [5.41, 5.74) is 9.95. The number of nitriles is 1. The van der Waals surface area contributed by atoms with Gasteiger partial charge in [0.2, 0.25) is 5.71 Å². The summed E-state index contributed by atoms with van der Waals surface area (Å²) in [6.45, 7) is 0. The van der Waals surface area contributed by atoms with E-state index in [1.807, 2.05) is 12.1 Å². The van der Waals surface area contributed by atoms with Crippen LogP contribution < -0.4 is 11.2 Å². The Morgan fingerprint density at radius 1 is 1.19 bits per heavy atom. The van der Waals surface area contributed by atoms with Gasteiger partial charge >= 0.3 is 0 Å². The number of nitrogens with one attached hydrogen (secondary N) is 2. The van der Waals surface area contributed by atoms with E-state index in [0.29, 0.717) is 5.69 Å². The molecular weight excluding hydrogens is 269 g/mol. The van der Waals surface area contributed by atoms with Gasteiger partial charge in [-0.25, -0.2) is 4.39 Å². The van der Waals surface area contributed by atoms with E-state index < -0.39 is 5.84 Å². The topological polar surface area (TPSA) is 98.0 Å². The van der Waals surface area contributed by atoms with E-state index in [9.17, 15) is 4.39 Å². The molecular formula is C15H12FN5. The third kappa shape index (κ3) is 3.42. The zero-order valence-corrected chi connectivity index (χ0v) is 11.0. The van der Waals surface area contributed by atoms with Gasteiger partial charge in [-0.3, -0.25) is 10.8 Å². The second-order valence-corrected chi connectivity index (χ2v) is 4.15. The van der Waals surface area contributed by atoms with Crippen LogP contribution in [0.5, 0.6) is 0 Å². The maximum Gasteiger partial charge on any atom is 0.201 e.